The summed E-state index contributed by atoms with van der Waals surface area (Å²) >= 11 is 7.84. The molecule has 2 heterocycles. The van der Waals surface area contributed by atoms with Gasteiger partial charge in [0.1, 0.15) is 0 Å². The molecular formula is C23H26ClN3O2S. The fraction of sp³-hybridized carbons (Fsp3) is 0.391. The number of halogens is 1. The average molecular weight is 444 g/mol. The molecule has 4 rings (SSSR count). The molecule has 0 aliphatic carbocycles. The molecule has 2 aromatic carbocycles. The number of hydrogen-bond donors (Lipinski definition) is 0. The fourth-order valence-corrected chi connectivity index (χ4v) is 4.87. The number of fused-ring (bicyclic) bond motifs is 1. The first-order chi connectivity index (χ1) is 14.4. The second-order valence-electron chi connectivity index (χ2n) is 7.74. The smallest absolute Gasteiger partial charge is 0.260 e. The van der Waals surface area contributed by atoms with E-state index < -0.39 is 0 Å². The minimum atomic E-state index is -0.00716. The molecule has 1 aliphatic heterocycles. The molecule has 30 heavy (non-hydrogen) atoms. The molecule has 1 aromatic heterocycles. The molecule has 7 heteroatoms. The Hall–Kier alpha value is -1.99. The van der Waals surface area contributed by atoms with Gasteiger partial charge < -0.3 is 4.74 Å². The van der Waals surface area contributed by atoms with E-state index in [1.807, 2.05) is 56.0 Å². The van der Waals surface area contributed by atoms with Crippen LogP contribution >= 0.6 is 22.9 Å². The monoisotopic (exact) mass is 443 g/mol. The quantitative estimate of drug-likeness (QED) is 0.565. The van der Waals surface area contributed by atoms with Crippen molar-refractivity contribution in [2.45, 2.75) is 20.8 Å². The van der Waals surface area contributed by atoms with E-state index in [0.717, 1.165) is 70.5 Å². The third kappa shape index (κ3) is 4.37. The lowest BCUT2D eigenvalue weighted by Crippen LogP contribution is -2.43. The van der Waals surface area contributed by atoms with E-state index in [-0.39, 0.29) is 5.91 Å². The van der Waals surface area contributed by atoms with Crippen molar-refractivity contribution < 1.29 is 9.53 Å². The van der Waals surface area contributed by atoms with Gasteiger partial charge in [-0.3, -0.25) is 14.6 Å². The van der Waals surface area contributed by atoms with Gasteiger partial charge in [-0.05, 0) is 50.1 Å². The number of thiazole rings is 1. The van der Waals surface area contributed by atoms with Crippen LogP contribution in [0.3, 0.4) is 0 Å². The molecule has 1 amide bonds. The Kier molecular flexibility index (Phi) is 6.39. The molecule has 1 fully saturated rings. The van der Waals surface area contributed by atoms with Crippen molar-refractivity contribution in [2.24, 2.45) is 0 Å². The molecule has 0 spiro atoms. The van der Waals surface area contributed by atoms with Crippen LogP contribution < -0.4 is 4.90 Å². The standard InChI is InChI=1S/C23H26ClN3O2S/c1-15-4-5-16(2)18(14-15)22(28)27(9-8-26-10-12-29-13-11-26)23-25-21-17(3)19(24)6-7-20(21)30-23/h4-7,14H,8-13H2,1-3H3. The van der Waals surface area contributed by atoms with Gasteiger partial charge in [0.2, 0.25) is 0 Å². The van der Waals surface area contributed by atoms with Crippen LogP contribution in [-0.2, 0) is 4.74 Å². The van der Waals surface area contributed by atoms with Crippen molar-refractivity contribution >= 4 is 44.2 Å². The summed E-state index contributed by atoms with van der Waals surface area (Å²) in [5.74, 6) is -0.00716. The molecule has 3 aromatic rings. The van der Waals surface area contributed by atoms with E-state index in [2.05, 4.69) is 4.90 Å². The number of hydrogen-bond acceptors (Lipinski definition) is 5. The number of aromatic nitrogens is 1. The number of nitrogens with zero attached hydrogens (tertiary/aromatic N) is 3. The predicted molar refractivity (Wildman–Crippen MR) is 124 cm³/mol. The zero-order valence-electron chi connectivity index (χ0n) is 17.6. The molecule has 1 saturated heterocycles. The maximum atomic E-state index is 13.6. The minimum Gasteiger partial charge on any atom is -0.379 e. The first kappa shape index (κ1) is 21.2. The summed E-state index contributed by atoms with van der Waals surface area (Å²) in [6, 6.07) is 9.88. The average Bonchev–Trinajstić information content (AvgIpc) is 3.18. The van der Waals surface area contributed by atoms with Gasteiger partial charge in [-0.25, -0.2) is 4.98 Å². The van der Waals surface area contributed by atoms with Crippen molar-refractivity contribution in [3.05, 3.63) is 57.6 Å². The van der Waals surface area contributed by atoms with E-state index in [0.29, 0.717) is 11.6 Å². The van der Waals surface area contributed by atoms with Crippen LogP contribution in [0, 0.1) is 20.8 Å². The highest BCUT2D eigenvalue weighted by atomic mass is 35.5. The second kappa shape index (κ2) is 9.02. The summed E-state index contributed by atoms with van der Waals surface area (Å²) in [4.78, 5) is 22.6. The lowest BCUT2D eigenvalue weighted by Gasteiger charge is -2.29. The molecular weight excluding hydrogens is 418 g/mol. The van der Waals surface area contributed by atoms with E-state index >= 15 is 0 Å². The van der Waals surface area contributed by atoms with Crippen LogP contribution in [0.25, 0.3) is 10.2 Å². The van der Waals surface area contributed by atoms with Crippen molar-refractivity contribution in [1.82, 2.24) is 9.88 Å². The summed E-state index contributed by atoms with van der Waals surface area (Å²) in [5.41, 5.74) is 4.59. The summed E-state index contributed by atoms with van der Waals surface area (Å²) < 4.78 is 6.50. The minimum absolute atomic E-state index is 0.00716. The van der Waals surface area contributed by atoms with Crippen molar-refractivity contribution in [3.8, 4) is 0 Å². The van der Waals surface area contributed by atoms with Gasteiger partial charge in [0.05, 0.1) is 23.4 Å². The highest BCUT2D eigenvalue weighted by Crippen LogP contribution is 2.34. The summed E-state index contributed by atoms with van der Waals surface area (Å²) in [5, 5.41) is 1.41. The van der Waals surface area contributed by atoms with E-state index in [4.69, 9.17) is 21.3 Å². The Morgan fingerprint density at radius 1 is 1.20 bits per heavy atom. The zero-order valence-corrected chi connectivity index (χ0v) is 19.1. The summed E-state index contributed by atoms with van der Waals surface area (Å²) in [7, 11) is 0. The second-order valence-corrected chi connectivity index (χ2v) is 9.16. The third-order valence-electron chi connectivity index (χ3n) is 5.58. The number of carbonyl (C=O) groups excluding carboxylic acids is 1. The Labute approximate surface area is 186 Å². The van der Waals surface area contributed by atoms with Gasteiger partial charge in [0.15, 0.2) is 5.13 Å². The number of anilines is 1. The topological polar surface area (TPSA) is 45.7 Å². The van der Waals surface area contributed by atoms with Gasteiger partial charge in [-0.2, -0.15) is 0 Å². The fourth-order valence-electron chi connectivity index (χ4n) is 3.67. The normalized spacial score (nSPS) is 14.9. The maximum Gasteiger partial charge on any atom is 0.260 e. The number of benzene rings is 2. The number of ether oxygens (including phenoxy) is 1. The number of rotatable bonds is 5. The van der Waals surface area contributed by atoms with Crippen LogP contribution in [0.4, 0.5) is 5.13 Å². The Morgan fingerprint density at radius 3 is 2.73 bits per heavy atom. The van der Waals surface area contributed by atoms with Crippen molar-refractivity contribution in [1.29, 1.82) is 0 Å². The van der Waals surface area contributed by atoms with Gasteiger partial charge in [0, 0.05) is 36.8 Å². The maximum absolute atomic E-state index is 13.6. The van der Waals surface area contributed by atoms with Gasteiger partial charge in [-0.15, -0.1) is 0 Å². The Balaban J connectivity index is 1.70. The molecule has 0 saturated carbocycles. The molecule has 5 nitrogen and oxygen atoms in total. The van der Waals surface area contributed by atoms with Gasteiger partial charge >= 0.3 is 0 Å². The van der Waals surface area contributed by atoms with E-state index in [9.17, 15) is 4.79 Å². The highest BCUT2D eigenvalue weighted by Gasteiger charge is 2.24. The number of amides is 1. The van der Waals surface area contributed by atoms with E-state index in [1.165, 1.54) is 0 Å². The van der Waals surface area contributed by atoms with Crippen LogP contribution in [-0.4, -0.2) is 55.2 Å². The molecule has 1 aliphatic rings. The molecule has 0 radical (unpaired) electrons. The van der Waals surface area contributed by atoms with E-state index in [1.54, 1.807) is 11.3 Å². The predicted octanol–water partition coefficient (Wildman–Crippen LogP) is 4.85. The zero-order chi connectivity index (χ0) is 21.3. The Morgan fingerprint density at radius 2 is 1.97 bits per heavy atom. The van der Waals surface area contributed by atoms with Crippen molar-refractivity contribution in [2.75, 3.05) is 44.3 Å². The van der Waals surface area contributed by atoms with Crippen LogP contribution in [0.1, 0.15) is 27.0 Å². The molecule has 0 bridgehead atoms. The molecule has 0 atom stereocenters. The molecule has 0 N–H and O–H groups in total. The largest absolute Gasteiger partial charge is 0.379 e. The molecule has 158 valence electrons. The SMILES string of the molecule is Cc1ccc(C)c(C(=O)N(CCN2CCOCC2)c2nc3c(C)c(Cl)ccc3s2)c1. The van der Waals surface area contributed by atoms with Crippen molar-refractivity contribution in [3.63, 3.8) is 0 Å². The number of morpholine rings is 1. The lowest BCUT2D eigenvalue weighted by atomic mass is 10.0. The number of carbonyl (C=O) groups is 1. The first-order valence-electron chi connectivity index (χ1n) is 10.2. The Bertz CT molecular complexity index is 1080. The highest BCUT2D eigenvalue weighted by molar-refractivity contribution is 7.22. The summed E-state index contributed by atoms with van der Waals surface area (Å²) in [6.07, 6.45) is 0. The first-order valence-corrected chi connectivity index (χ1v) is 11.4. The third-order valence-corrected chi connectivity index (χ3v) is 7.03. The number of aryl methyl sites for hydroxylation is 3. The molecule has 0 unspecified atom stereocenters. The lowest BCUT2D eigenvalue weighted by molar-refractivity contribution is 0.0391. The van der Waals surface area contributed by atoms with Crippen LogP contribution in [0.5, 0.6) is 0 Å². The van der Waals surface area contributed by atoms with Gasteiger partial charge in [0.25, 0.3) is 5.91 Å². The van der Waals surface area contributed by atoms with Crippen LogP contribution in [0.2, 0.25) is 5.02 Å². The summed E-state index contributed by atoms with van der Waals surface area (Å²) in [6.45, 7) is 10.6. The van der Waals surface area contributed by atoms with Gasteiger partial charge in [-0.1, -0.05) is 40.6 Å². The van der Waals surface area contributed by atoms with Crippen LogP contribution in [0.15, 0.2) is 30.3 Å².